The summed E-state index contributed by atoms with van der Waals surface area (Å²) in [5.41, 5.74) is 8.26. The van der Waals surface area contributed by atoms with Crippen molar-refractivity contribution in [3.05, 3.63) is 71.9 Å². The predicted molar refractivity (Wildman–Crippen MR) is 137 cm³/mol. The monoisotopic (exact) mass is 474 g/mol. The lowest BCUT2D eigenvalue weighted by Gasteiger charge is -2.32. The molecule has 0 spiro atoms. The molecule has 3 aromatic rings. The van der Waals surface area contributed by atoms with Crippen molar-refractivity contribution in [2.75, 3.05) is 55.7 Å². The van der Waals surface area contributed by atoms with Crippen molar-refractivity contribution >= 4 is 35.1 Å². The van der Waals surface area contributed by atoms with Crippen LogP contribution in [0.15, 0.2) is 60.8 Å². The fraction of sp³-hybridized carbons (Fsp3) is 0.280. The van der Waals surface area contributed by atoms with Gasteiger partial charge in [0, 0.05) is 50.3 Å². The van der Waals surface area contributed by atoms with Crippen molar-refractivity contribution in [2.45, 2.75) is 6.42 Å². The number of carbonyl (C=O) groups is 2. The molecule has 2 heterocycles. The molecule has 10 heteroatoms. The average molecular weight is 475 g/mol. The van der Waals surface area contributed by atoms with Crippen LogP contribution in [0.2, 0.25) is 0 Å². The topological polar surface area (TPSA) is 129 Å². The molecule has 0 atom stereocenters. The van der Waals surface area contributed by atoms with Gasteiger partial charge in [0.05, 0.1) is 5.56 Å². The van der Waals surface area contributed by atoms with E-state index in [4.69, 9.17) is 5.73 Å². The molecule has 0 aliphatic carbocycles. The van der Waals surface area contributed by atoms with Crippen molar-refractivity contribution in [2.24, 2.45) is 5.73 Å². The number of hydrogen-bond acceptors (Lipinski definition) is 7. The highest BCUT2D eigenvalue weighted by atomic mass is 16.2. The Hall–Kier alpha value is -4.18. The number of likely N-dealkylation sites (N-methyl/N-ethyl adjacent to an activating group) is 1. The fourth-order valence-corrected chi connectivity index (χ4v) is 3.74. The maximum absolute atomic E-state index is 12.6. The van der Waals surface area contributed by atoms with E-state index in [-0.39, 0.29) is 11.6 Å². The van der Waals surface area contributed by atoms with Crippen LogP contribution in [0.1, 0.15) is 15.9 Å². The van der Waals surface area contributed by atoms with Crippen LogP contribution in [0.5, 0.6) is 0 Å². The smallest absolute Gasteiger partial charge is 0.321 e. The van der Waals surface area contributed by atoms with Gasteiger partial charge in [-0.15, -0.1) is 0 Å². The zero-order chi connectivity index (χ0) is 24.6. The van der Waals surface area contributed by atoms with E-state index in [9.17, 15) is 9.59 Å². The Bertz CT molecular complexity index is 1160. The van der Waals surface area contributed by atoms with E-state index in [1.807, 2.05) is 61.6 Å². The van der Waals surface area contributed by atoms with Crippen LogP contribution in [0.25, 0.3) is 0 Å². The Morgan fingerprint density at radius 3 is 2.49 bits per heavy atom. The van der Waals surface area contributed by atoms with Gasteiger partial charge in [0.25, 0.3) is 5.91 Å². The first-order valence-electron chi connectivity index (χ1n) is 11.5. The Morgan fingerprint density at radius 1 is 1.00 bits per heavy atom. The van der Waals surface area contributed by atoms with E-state index >= 15 is 0 Å². The van der Waals surface area contributed by atoms with E-state index in [0.717, 1.165) is 19.5 Å². The number of nitrogens with two attached hydrogens (primary N) is 1. The molecular weight excluding hydrogens is 444 g/mol. The van der Waals surface area contributed by atoms with Gasteiger partial charge < -0.3 is 31.5 Å². The molecule has 1 aromatic heterocycles. The molecule has 0 saturated carbocycles. The SMILES string of the molecule is CN1CCN(C(=O)Nc2cccc(Nc3ncc(C(N)=O)c(NCCc4ccccc4)n3)c2)CC1. The fourth-order valence-electron chi connectivity index (χ4n) is 3.74. The van der Waals surface area contributed by atoms with Crippen LogP contribution >= 0.6 is 0 Å². The molecule has 2 aromatic carbocycles. The van der Waals surface area contributed by atoms with Gasteiger partial charge in [-0.2, -0.15) is 4.98 Å². The van der Waals surface area contributed by atoms with Crippen LogP contribution in [0.3, 0.4) is 0 Å². The van der Waals surface area contributed by atoms with Crippen LogP contribution in [0.4, 0.5) is 27.9 Å². The molecule has 0 unspecified atom stereocenters. The van der Waals surface area contributed by atoms with E-state index in [1.54, 1.807) is 4.90 Å². The third-order valence-corrected chi connectivity index (χ3v) is 5.76. The number of primary amides is 1. The maximum Gasteiger partial charge on any atom is 0.321 e. The Balaban J connectivity index is 1.41. The van der Waals surface area contributed by atoms with Crippen molar-refractivity contribution < 1.29 is 9.59 Å². The molecule has 0 radical (unpaired) electrons. The first-order valence-corrected chi connectivity index (χ1v) is 11.5. The summed E-state index contributed by atoms with van der Waals surface area (Å²) in [6.45, 7) is 3.68. The van der Waals surface area contributed by atoms with E-state index in [1.165, 1.54) is 11.8 Å². The summed E-state index contributed by atoms with van der Waals surface area (Å²) in [4.78, 5) is 37.1. The first-order chi connectivity index (χ1) is 17.0. The minimum Gasteiger partial charge on any atom is -0.369 e. The molecule has 3 amide bonds. The third-order valence-electron chi connectivity index (χ3n) is 5.76. The quantitative estimate of drug-likeness (QED) is 0.395. The zero-order valence-corrected chi connectivity index (χ0v) is 19.7. The highest BCUT2D eigenvalue weighted by Crippen LogP contribution is 2.21. The molecule has 1 saturated heterocycles. The molecule has 1 aliphatic heterocycles. The van der Waals surface area contributed by atoms with E-state index in [0.29, 0.717) is 42.8 Å². The summed E-state index contributed by atoms with van der Waals surface area (Å²) >= 11 is 0. The predicted octanol–water partition coefficient (Wildman–Crippen LogP) is 2.75. The number of carbonyl (C=O) groups excluding carboxylic acids is 2. The molecular formula is C25H30N8O2. The lowest BCUT2D eigenvalue weighted by atomic mass is 10.1. The van der Waals surface area contributed by atoms with Gasteiger partial charge in [-0.3, -0.25) is 4.79 Å². The highest BCUT2D eigenvalue weighted by molar-refractivity contribution is 5.97. The molecule has 4 rings (SSSR count). The number of hydrogen-bond donors (Lipinski definition) is 4. The number of nitrogens with one attached hydrogen (secondary N) is 3. The highest BCUT2D eigenvalue weighted by Gasteiger charge is 2.19. The summed E-state index contributed by atoms with van der Waals surface area (Å²) in [7, 11) is 2.05. The van der Waals surface area contributed by atoms with Gasteiger partial charge in [-0.25, -0.2) is 9.78 Å². The number of benzene rings is 2. The molecule has 10 nitrogen and oxygen atoms in total. The van der Waals surface area contributed by atoms with Crippen molar-refractivity contribution in [1.29, 1.82) is 0 Å². The number of urea groups is 1. The molecule has 0 bridgehead atoms. The molecule has 35 heavy (non-hydrogen) atoms. The second-order valence-electron chi connectivity index (χ2n) is 8.41. The minimum absolute atomic E-state index is 0.123. The van der Waals surface area contributed by atoms with Gasteiger partial charge in [-0.05, 0) is 37.2 Å². The summed E-state index contributed by atoms with van der Waals surface area (Å²) in [6.07, 6.45) is 2.17. The van der Waals surface area contributed by atoms with Crippen LogP contribution in [-0.2, 0) is 6.42 Å². The summed E-state index contributed by atoms with van der Waals surface area (Å²) < 4.78 is 0. The molecule has 1 fully saturated rings. The summed E-state index contributed by atoms with van der Waals surface area (Å²) in [5.74, 6) is 0.0672. The van der Waals surface area contributed by atoms with Crippen LogP contribution < -0.4 is 21.7 Å². The molecule has 5 N–H and O–H groups in total. The Morgan fingerprint density at radius 2 is 1.74 bits per heavy atom. The lowest BCUT2D eigenvalue weighted by Crippen LogP contribution is -2.48. The standard InChI is InChI=1S/C25H30N8O2/c1-32-12-14-33(15-13-32)25(35)30-20-9-5-8-19(16-20)29-24-28-17-21(22(26)34)23(31-24)27-11-10-18-6-3-2-4-7-18/h2-9,16-17H,10-15H2,1H3,(H2,26,34)(H,30,35)(H2,27,28,29,31). The Kier molecular flexibility index (Phi) is 7.74. The second kappa shape index (κ2) is 11.3. The Labute approximate surface area is 204 Å². The number of piperazine rings is 1. The number of amides is 3. The summed E-state index contributed by atoms with van der Waals surface area (Å²) in [5, 5.41) is 9.27. The molecule has 182 valence electrons. The van der Waals surface area contributed by atoms with Crippen LogP contribution in [-0.4, -0.2) is 71.5 Å². The van der Waals surface area contributed by atoms with Crippen molar-refractivity contribution in [1.82, 2.24) is 19.8 Å². The first kappa shape index (κ1) is 24.0. The van der Waals surface area contributed by atoms with Gasteiger partial charge in [-0.1, -0.05) is 36.4 Å². The van der Waals surface area contributed by atoms with Gasteiger partial charge >= 0.3 is 6.03 Å². The van der Waals surface area contributed by atoms with Crippen molar-refractivity contribution in [3.8, 4) is 0 Å². The largest absolute Gasteiger partial charge is 0.369 e. The lowest BCUT2D eigenvalue weighted by molar-refractivity contribution is 0.100. The van der Waals surface area contributed by atoms with E-state index in [2.05, 4.69) is 30.8 Å². The normalized spacial score (nSPS) is 13.8. The minimum atomic E-state index is -0.604. The zero-order valence-electron chi connectivity index (χ0n) is 19.7. The van der Waals surface area contributed by atoms with Gasteiger partial charge in [0.2, 0.25) is 5.95 Å². The van der Waals surface area contributed by atoms with Gasteiger partial charge in [0.1, 0.15) is 5.82 Å². The average Bonchev–Trinajstić information content (AvgIpc) is 2.85. The third kappa shape index (κ3) is 6.67. The van der Waals surface area contributed by atoms with Gasteiger partial charge in [0.15, 0.2) is 0 Å². The van der Waals surface area contributed by atoms with Crippen LogP contribution in [0, 0.1) is 0 Å². The van der Waals surface area contributed by atoms with E-state index < -0.39 is 5.91 Å². The second-order valence-corrected chi connectivity index (χ2v) is 8.41. The number of rotatable bonds is 8. The number of anilines is 4. The van der Waals surface area contributed by atoms with Crippen molar-refractivity contribution in [3.63, 3.8) is 0 Å². The molecule has 1 aliphatic rings. The summed E-state index contributed by atoms with van der Waals surface area (Å²) in [6, 6.07) is 17.2. The maximum atomic E-state index is 12.6. The number of aromatic nitrogens is 2. The number of nitrogens with zero attached hydrogens (tertiary/aromatic N) is 4.